The van der Waals surface area contributed by atoms with Crippen LogP contribution in [0.15, 0.2) is 12.4 Å². The predicted octanol–water partition coefficient (Wildman–Crippen LogP) is 3.13. The van der Waals surface area contributed by atoms with Gasteiger partial charge in [-0.15, -0.1) is 0 Å². The van der Waals surface area contributed by atoms with E-state index in [1.807, 2.05) is 6.20 Å². The zero-order valence-corrected chi connectivity index (χ0v) is 11.6. The lowest BCUT2D eigenvalue weighted by atomic mass is 9.90. The van der Waals surface area contributed by atoms with Crippen LogP contribution in [0, 0.1) is 5.92 Å². The van der Waals surface area contributed by atoms with Gasteiger partial charge in [0, 0.05) is 31.4 Å². The first kappa shape index (κ1) is 13.6. The molecule has 0 bridgehead atoms. The molecule has 0 spiro atoms. The van der Waals surface area contributed by atoms with Crippen molar-refractivity contribution < 1.29 is 0 Å². The largest absolute Gasteiger partial charge is 0.335 e. The topological polar surface area (TPSA) is 43.8 Å². The summed E-state index contributed by atoms with van der Waals surface area (Å²) in [5.74, 6) is 1.88. The van der Waals surface area contributed by atoms with Gasteiger partial charge in [0.15, 0.2) is 0 Å². The maximum absolute atomic E-state index is 6.42. The molecule has 1 aliphatic carbocycles. The minimum absolute atomic E-state index is 0.293. The van der Waals surface area contributed by atoms with Crippen LogP contribution in [0.2, 0.25) is 0 Å². The molecule has 1 atom stereocenters. The van der Waals surface area contributed by atoms with Gasteiger partial charge in [-0.05, 0) is 25.2 Å². The second-order valence-corrected chi connectivity index (χ2v) is 5.66. The predicted molar refractivity (Wildman–Crippen MR) is 75.4 cm³/mol. The van der Waals surface area contributed by atoms with Crippen LogP contribution >= 0.6 is 0 Å². The van der Waals surface area contributed by atoms with Crippen LogP contribution in [0.3, 0.4) is 0 Å². The van der Waals surface area contributed by atoms with E-state index in [2.05, 4.69) is 22.7 Å². The van der Waals surface area contributed by atoms with Crippen LogP contribution in [0.5, 0.6) is 0 Å². The van der Waals surface area contributed by atoms with Crippen molar-refractivity contribution in [1.82, 2.24) is 9.55 Å². The third-order valence-corrected chi connectivity index (χ3v) is 4.19. The molecule has 0 aliphatic heterocycles. The Balaban J connectivity index is 1.92. The molecular weight excluding hydrogens is 222 g/mol. The second kappa shape index (κ2) is 6.93. The molecule has 0 saturated heterocycles. The Kier molecular flexibility index (Phi) is 5.24. The van der Waals surface area contributed by atoms with Crippen LogP contribution in [0.25, 0.3) is 0 Å². The highest BCUT2D eigenvalue weighted by atomic mass is 15.1. The lowest BCUT2D eigenvalue weighted by Gasteiger charge is -2.22. The molecule has 2 rings (SSSR count). The molecule has 0 radical (unpaired) electrons. The zero-order chi connectivity index (χ0) is 12.8. The molecule has 1 aromatic rings. The van der Waals surface area contributed by atoms with Gasteiger partial charge >= 0.3 is 0 Å². The summed E-state index contributed by atoms with van der Waals surface area (Å²) < 4.78 is 2.26. The van der Waals surface area contributed by atoms with E-state index >= 15 is 0 Å². The summed E-state index contributed by atoms with van der Waals surface area (Å²) in [6, 6.07) is 0.293. The molecule has 2 N–H and O–H groups in total. The van der Waals surface area contributed by atoms with E-state index < -0.39 is 0 Å². The summed E-state index contributed by atoms with van der Waals surface area (Å²) in [5.41, 5.74) is 6.42. The minimum Gasteiger partial charge on any atom is -0.335 e. The highest BCUT2D eigenvalue weighted by Gasteiger charge is 2.21. The molecule has 1 fully saturated rings. The number of aromatic nitrogens is 2. The number of nitrogens with zero attached hydrogens (tertiary/aromatic N) is 2. The van der Waals surface area contributed by atoms with Crippen molar-refractivity contribution in [1.29, 1.82) is 0 Å². The van der Waals surface area contributed by atoms with Crippen LogP contribution in [0.1, 0.15) is 57.7 Å². The molecule has 3 heteroatoms. The summed E-state index contributed by atoms with van der Waals surface area (Å²) >= 11 is 0. The molecule has 18 heavy (non-hydrogen) atoms. The van der Waals surface area contributed by atoms with Crippen LogP contribution in [-0.2, 0) is 13.0 Å². The highest BCUT2D eigenvalue weighted by molar-refractivity contribution is 4.96. The Labute approximate surface area is 111 Å². The van der Waals surface area contributed by atoms with Crippen molar-refractivity contribution in [3.63, 3.8) is 0 Å². The monoisotopic (exact) mass is 249 g/mol. The summed E-state index contributed by atoms with van der Waals surface area (Å²) in [7, 11) is 0. The maximum atomic E-state index is 6.42. The molecule has 0 aromatic carbocycles. The van der Waals surface area contributed by atoms with E-state index in [-0.39, 0.29) is 0 Å². The SMILES string of the molecule is CCCn1ccnc1CC(N)C1CCCCCC1. The van der Waals surface area contributed by atoms with Gasteiger partial charge in [0.1, 0.15) is 5.82 Å². The van der Waals surface area contributed by atoms with Crippen LogP contribution in [0.4, 0.5) is 0 Å². The molecule has 1 saturated carbocycles. The minimum atomic E-state index is 0.293. The summed E-state index contributed by atoms with van der Waals surface area (Å²) in [4.78, 5) is 4.48. The number of rotatable bonds is 5. The van der Waals surface area contributed by atoms with Gasteiger partial charge in [-0.3, -0.25) is 0 Å². The summed E-state index contributed by atoms with van der Waals surface area (Å²) in [6.07, 6.45) is 14.2. The number of imidazole rings is 1. The van der Waals surface area contributed by atoms with Crippen molar-refractivity contribution in [3.05, 3.63) is 18.2 Å². The quantitative estimate of drug-likeness (QED) is 0.815. The average Bonchev–Trinajstić information content (AvgIpc) is 2.66. The second-order valence-electron chi connectivity index (χ2n) is 5.66. The first-order valence-corrected chi connectivity index (χ1v) is 7.57. The van der Waals surface area contributed by atoms with Crippen molar-refractivity contribution in [2.24, 2.45) is 11.7 Å². The molecule has 1 heterocycles. The lowest BCUT2D eigenvalue weighted by Crippen LogP contribution is -2.33. The standard InChI is InChI=1S/C15H27N3/c1-2-10-18-11-9-17-15(18)12-14(16)13-7-5-3-4-6-8-13/h9,11,13-14H,2-8,10,12,16H2,1H3. The third kappa shape index (κ3) is 3.58. The van der Waals surface area contributed by atoms with E-state index in [9.17, 15) is 0 Å². The van der Waals surface area contributed by atoms with E-state index in [0.29, 0.717) is 12.0 Å². The molecule has 1 unspecified atom stereocenters. The van der Waals surface area contributed by atoms with E-state index in [4.69, 9.17) is 5.73 Å². The molecule has 0 amide bonds. The fourth-order valence-electron chi connectivity index (χ4n) is 3.09. The van der Waals surface area contributed by atoms with E-state index in [1.165, 1.54) is 44.3 Å². The van der Waals surface area contributed by atoms with Gasteiger partial charge in [0.05, 0.1) is 0 Å². The fraction of sp³-hybridized carbons (Fsp3) is 0.800. The molecule has 1 aromatic heterocycles. The van der Waals surface area contributed by atoms with Crippen LogP contribution in [-0.4, -0.2) is 15.6 Å². The van der Waals surface area contributed by atoms with Gasteiger partial charge in [-0.1, -0.05) is 32.6 Å². The number of hydrogen-bond acceptors (Lipinski definition) is 2. The van der Waals surface area contributed by atoms with Gasteiger partial charge in [0.25, 0.3) is 0 Å². The Morgan fingerprint density at radius 1 is 1.33 bits per heavy atom. The molecular formula is C15H27N3. The highest BCUT2D eigenvalue weighted by Crippen LogP contribution is 2.26. The first-order chi connectivity index (χ1) is 8.81. The molecule has 3 nitrogen and oxygen atoms in total. The third-order valence-electron chi connectivity index (χ3n) is 4.19. The van der Waals surface area contributed by atoms with Crippen molar-refractivity contribution >= 4 is 0 Å². The molecule has 102 valence electrons. The van der Waals surface area contributed by atoms with Gasteiger partial charge in [-0.25, -0.2) is 4.98 Å². The first-order valence-electron chi connectivity index (χ1n) is 7.57. The van der Waals surface area contributed by atoms with Crippen molar-refractivity contribution in [2.75, 3.05) is 0 Å². The summed E-state index contributed by atoms with van der Waals surface area (Å²) in [6.45, 7) is 3.27. The Hall–Kier alpha value is -0.830. The molecule has 1 aliphatic rings. The fourth-order valence-corrected chi connectivity index (χ4v) is 3.09. The van der Waals surface area contributed by atoms with E-state index in [0.717, 1.165) is 19.4 Å². The number of nitrogens with two attached hydrogens (primary N) is 1. The van der Waals surface area contributed by atoms with Crippen molar-refractivity contribution in [2.45, 2.75) is 70.9 Å². The number of hydrogen-bond donors (Lipinski definition) is 1. The van der Waals surface area contributed by atoms with Gasteiger partial charge < -0.3 is 10.3 Å². The summed E-state index contributed by atoms with van der Waals surface area (Å²) in [5, 5.41) is 0. The zero-order valence-electron chi connectivity index (χ0n) is 11.6. The van der Waals surface area contributed by atoms with E-state index in [1.54, 1.807) is 0 Å². The van der Waals surface area contributed by atoms with Crippen molar-refractivity contribution in [3.8, 4) is 0 Å². The maximum Gasteiger partial charge on any atom is 0.110 e. The lowest BCUT2D eigenvalue weighted by molar-refractivity contribution is 0.365. The van der Waals surface area contributed by atoms with Gasteiger partial charge in [-0.2, -0.15) is 0 Å². The average molecular weight is 249 g/mol. The Morgan fingerprint density at radius 2 is 2.06 bits per heavy atom. The normalized spacial score (nSPS) is 19.7. The Bertz CT molecular complexity index is 337. The Morgan fingerprint density at radius 3 is 2.72 bits per heavy atom. The number of aryl methyl sites for hydroxylation is 1. The smallest absolute Gasteiger partial charge is 0.110 e. The van der Waals surface area contributed by atoms with Gasteiger partial charge in [0.2, 0.25) is 0 Å². The van der Waals surface area contributed by atoms with Crippen LogP contribution < -0.4 is 5.73 Å².